The molecule has 3 heterocycles. The first-order valence-electron chi connectivity index (χ1n) is 8.84. The van der Waals surface area contributed by atoms with Gasteiger partial charge in [-0.3, -0.25) is 9.69 Å². The largest absolute Gasteiger partial charge is 0.395 e. The second-order valence-corrected chi connectivity index (χ2v) is 7.50. The SMILES string of the molecule is CCc1csc(CNC(=O)c2ccc(N[C@@H]3C[C@@H](CO)N(C)C3)nc2)n1. The van der Waals surface area contributed by atoms with E-state index < -0.39 is 0 Å². The van der Waals surface area contributed by atoms with Crippen LogP contribution in [0.25, 0.3) is 0 Å². The van der Waals surface area contributed by atoms with Crippen LogP contribution >= 0.6 is 11.3 Å². The standard InChI is InChI=1S/C18H25N5O2S/c1-3-13-11-26-17(22-13)8-20-18(25)12-4-5-16(19-7-12)21-14-6-15(10-24)23(2)9-14/h4-5,7,11,14-15,24H,3,6,8-10H2,1-2H3,(H,19,21)(H,20,25)/t14-,15+/m1/s1. The van der Waals surface area contributed by atoms with Gasteiger partial charge in [-0.2, -0.15) is 0 Å². The molecule has 26 heavy (non-hydrogen) atoms. The summed E-state index contributed by atoms with van der Waals surface area (Å²) in [5, 5.41) is 18.5. The number of carbonyl (C=O) groups is 1. The number of amides is 1. The number of aromatic nitrogens is 2. The van der Waals surface area contributed by atoms with Crippen molar-refractivity contribution in [3.8, 4) is 0 Å². The summed E-state index contributed by atoms with van der Waals surface area (Å²) in [5.41, 5.74) is 1.58. The molecule has 0 spiro atoms. The fourth-order valence-corrected chi connectivity index (χ4v) is 3.89. The summed E-state index contributed by atoms with van der Waals surface area (Å²) in [7, 11) is 2.01. The molecule has 8 heteroatoms. The Bertz CT molecular complexity index is 733. The smallest absolute Gasteiger partial charge is 0.253 e. The molecule has 0 aromatic carbocycles. The molecule has 7 nitrogen and oxygen atoms in total. The number of thiazole rings is 1. The molecular weight excluding hydrogens is 350 g/mol. The summed E-state index contributed by atoms with van der Waals surface area (Å²) in [4.78, 5) is 23.2. The molecule has 2 atom stereocenters. The molecule has 2 aromatic heterocycles. The maximum atomic E-state index is 12.2. The number of nitrogens with one attached hydrogen (secondary N) is 2. The Morgan fingerprint density at radius 3 is 2.92 bits per heavy atom. The van der Waals surface area contributed by atoms with Gasteiger partial charge in [0.25, 0.3) is 5.91 Å². The van der Waals surface area contributed by atoms with Gasteiger partial charge in [-0.05, 0) is 32.0 Å². The molecule has 140 valence electrons. The number of hydrogen-bond donors (Lipinski definition) is 3. The van der Waals surface area contributed by atoms with E-state index in [2.05, 4.69) is 32.4 Å². The minimum atomic E-state index is -0.154. The Labute approximate surface area is 157 Å². The van der Waals surface area contributed by atoms with E-state index in [1.54, 1.807) is 23.6 Å². The number of nitrogens with zero attached hydrogens (tertiary/aromatic N) is 3. The zero-order valence-corrected chi connectivity index (χ0v) is 15.9. The lowest BCUT2D eigenvalue weighted by Gasteiger charge is -2.15. The summed E-state index contributed by atoms with van der Waals surface area (Å²) < 4.78 is 0. The van der Waals surface area contributed by atoms with Gasteiger partial charge in [-0.15, -0.1) is 11.3 Å². The van der Waals surface area contributed by atoms with E-state index in [1.165, 1.54) is 0 Å². The summed E-state index contributed by atoms with van der Waals surface area (Å²) in [6.07, 6.45) is 3.36. The molecule has 1 amide bonds. The molecular formula is C18H25N5O2S. The number of carbonyl (C=O) groups excluding carboxylic acids is 1. The summed E-state index contributed by atoms with van der Waals surface area (Å²) in [6.45, 7) is 3.52. The van der Waals surface area contributed by atoms with Gasteiger partial charge in [0.05, 0.1) is 24.4 Å². The zero-order chi connectivity index (χ0) is 18.5. The lowest BCUT2D eigenvalue weighted by atomic mass is 10.2. The summed E-state index contributed by atoms with van der Waals surface area (Å²) >= 11 is 1.56. The zero-order valence-electron chi connectivity index (χ0n) is 15.1. The first-order chi connectivity index (χ1) is 12.6. The molecule has 0 saturated carbocycles. The molecule has 1 aliphatic rings. The number of anilines is 1. The number of aliphatic hydroxyl groups excluding tert-OH is 1. The van der Waals surface area contributed by atoms with E-state index in [4.69, 9.17) is 0 Å². The van der Waals surface area contributed by atoms with E-state index >= 15 is 0 Å². The van der Waals surface area contributed by atoms with Gasteiger partial charge in [-0.25, -0.2) is 9.97 Å². The number of hydrogen-bond acceptors (Lipinski definition) is 7. The van der Waals surface area contributed by atoms with Crippen LogP contribution in [0.4, 0.5) is 5.82 Å². The average Bonchev–Trinajstić information content (AvgIpc) is 3.26. The molecule has 1 fully saturated rings. The fourth-order valence-electron chi connectivity index (χ4n) is 3.07. The third-order valence-electron chi connectivity index (χ3n) is 4.64. The highest BCUT2D eigenvalue weighted by Gasteiger charge is 2.28. The minimum Gasteiger partial charge on any atom is -0.395 e. The van der Waals surface area contributed by atoms with Crippen LogP contribution in [0.2, 0.25) is 0 Å². The van der Waals surface area contributed by atoms with E-state index in [0.29, 0.717) is 12.1 Å². The number of aryl methyl sites for hydroxylation is 1. The van der Waals surface area contributed by atoms with E-state index in [-0.39, 0.29) is 24.6 Å². The van der Waals surface area contributed by atoms with Gasteiger partial charge in [0, 0.05) is 30.2 Å². The molecule has 1 saturated heterocycles. The molecule has 0 aliphatic carbocycles. The van der Waals surface area contributed by atoms with Crippen LogP contribution in [0, 0.1) is 0 Å². The van der Waals surface area contributed by atoms with Gasteiger partial charge in [0.2, 0.25) is 0 Å². The minimum absolute atomic E-state index is 0.154. The van der Waals surface area contributed by atoms with Gasteiger partial charge in [-0.1, -0.05) is 6.92 Å². The monoisotopic (exact) mass is 375 g/mol. The lowest BCUT2D eigenvalue weighted by molar-refractivity contribution is 0.0950. The van der Waals surface area contributed by atoms with Crippen LogP contribution in [-0.4, -0.2) is 58.2 Å². The average molecular weight is 375 g/mol. The van der Waals surface area contributed by atoms with Crippen molar-refractivity contribution in [1.82, 2.24) is 20.2 Å². The van der Waals surface area contributed by atoms with Gasteiger partial charge < -0.3 is 15.7 Å². The lowest BCUT2D eigenvalue weighted by Crippen LogP contribution is -2.28. The van der Waals surface area contributed by atoms with E-state index in [0.717, 1.165) is 35.9 Å². The predicted molar refractivity (Wildman–Crippen MR) is 102 cm³/mol. The number of rotatable bonds is 7. The van der Waals surface area contributed by atoms with Crippen molar-refractivity contribution in [2.75, 3.05) is 25.5 Å². The fraction of sp³-hybridized carbons (Fsp3) is 0.500. The van der Waals surface area contributed by atoms with Gasteiger partial charge in [0.1, 0.15) is 10.8 Å². The first-order valence-corrected chi connectivity index (χ1v) is 9.72. The van der Waals surface area contributed by atoms with Crippen LogP contribution in [0.1, 0.15) is 34.4 Å². The molecule has 2 aromatic rings. The summed E-state index contributed by atoms with van der Waals surface area (Å²) in [6, 6.07) is 4.03. The van der Waals surface area contributed by atoms with Gasteiger partial charge >= 0.3 is 0 Å². The van der Waals surface area contributed by atoms with Crippen molar-refractivity contribution in [3.05, 3.63) is 40.0 Å². The second-order valence-electron chi connectivity index (χ2n) is 6.55. The van der Waals surface area contributed by atoms with Crippen molar-refractivity contribution < 1.29 is 9.90 Å². The second kappa shape index (κ2) is 8.57. The highest BCUT2D eigenvalue weighted by Crippen LogP contribution is 2.19. The Hall–Kier alpha value is -2.03. The third-order valence-corrected chi connectivity index (χ3v) is 5.54. The van der Waals surface area contributed by atoms with Crippen molar-refractivity contribution in [3.63, 3.8) is 0 Å². The Morgan fingerprint density at radius 1 is 1.46 bits per heavy atom. The quantitative estimate of drug-likeness (QED) is 0.680. The van der Waals surface area contributed by atoms with E-state index in [9.17, 15) is 9.90 Å². The maximum absolute atomic E-state index is 12.2. The van der Waals surface area contributed by atoms with Crippen molar-refractivity contribution in [1.29, 1.82) is 0 Å². The predicted octanol–water partition coefficient (Wildman–Crippen LogP) is 1.51. The van der Waals surface area contributed by atoms with Crippen LogP contribution in [0.5, 0.6) is 0 Å². The number of aliphatic hydroxyl groups is 1. The number of likely N-dealkylation sites (N-methyl/N-ethyl adjacent to an activating group) is 1. The van der Waals surface area contributed by atoms with Crippen LogP contribution < -0.4 is 10.6 Å². The summed E-state index contributed by atoms with van der Waals surface area (Å²) in [5.74, 6) is 0.587. The normalized spacial score (nSPS) is 20.3. The highest BCUT2D eigenvalue weighted by molar-refractivity contribution is 7.09. The van der Waals surface area contributed by atoms with Crippen molar-refractivity contribution >= 4 is 23.1 Å². The Morgan fingerprint density at radius 2 is 2.31 bits per heavy atom. The van der Waals surface area contributed by atoms with E-state index in [1.807, 2.05) is 18.5 Å². The maximum Gasteiger partial charge on any atom is 0.253 e. The number of pyridine rings is 1. The highest BCUT2D eigenvalue weighted by atomic mass is 32.1. The molecule has 3 rings (SSSR count). The molecule has 1 aliphatic heterocycles. The topological polar surface area (TPSA) is 90.4 Å². The molecule has 0 bridgehead atoms. The Kier molecular flexibility index (Phi) is 6.18. The van der Waals surface area contributed by atoms with Crippen molar-refractivity contribution in [2.45, 2.75) is 38.4 Å². The molecule has 3 N–H and O–H groups in total. The molecule has 0 unspecified atom stereocenters. The van der Waals surface area contributed by atoms with Crippen molar-refractivity contribution in [2.24, 2.45) is 0 Å². The third kappa shape index (κ3) is 4.57. The molecule has 0 radical (unpaired) electrons. The first kappa shape index (κ1) is 18.8. The van der Waals surface area contributed by atoms with Crippen LogP contribution in [0.3, 0.4) is 0 Å². The van der Waals surface area contributed by atoms with Crippen LogP contribution in [0.15, 0.2) is 23.7 Å². The van der Waals surface area contributed by atoms with Crippen LogP contribution in [-0.2, 0) is 13.0 Å². The number of likely N-dealkylation sites (tertiary alicyclic amines) is 1. The Balaban J connectivity index is 1.51. The van der Waals surface area contributed by atoms with Gasteiger partial charge in [0.15, 0.2) is 0 Å².